The second-order valence-corrected chi connectivity index (χ2v) is 4.58. The number of para-hydroxylation sites is 1. The Morgan fingerprint density at radius 1 is 1.06 bits per heavy atom. The Kier molecular flexibility index (Phi) is 2.66. The average Bonchev–Trinajstić information content (AvgIpc) is 2.78. The summed E-state index contributed by atoms with van der Waals surface area (Å²) in [4.78, 5) is 9.07. The van der Waals surface area contributed by atoms with Crippen LogP contribution in [0, 0.1) is 0 Å². The lowest BCUT2D eigenvalue weighted by Crippen LogP contribution is -1.90. The summed E-state index contributed by atoms with van der Waals surface area (Å²) < 4.78 is 5.70. The highest BCUT2D eigenvalue weighted by atomic mass is 35.5. The van der Waals surface area contributed by atoms with E-state index in [1.807, 2.05) is 41.8 Å². The molecule has 0 aliphatic carbocycles. The van der Waals surface area contributed by atoms with Gasteiger partial charge >= 0.3 is 0 Å². The van der Waals surface area contributed by atoms with Gasteiger partial charge in [-0.05, 0) is 35.2 Å². The second-order valence-electron chi connectivity index (χ2n) is 3.35. The first kappa shape index (κ1) is 10.5. The number of fused-ring (bicyclic) bond motifs is 1. The molecular weight excluding hydrogens is 256 g/mol. The summed E-state index contributed by atoms with van der Waals surface area (Å²) in [6.45, 7) is 0. The zero-order valence-corrected chi connectivity index (χ0v) is 10.2. The molecule has 0 spiro atoms. The van der Waals surface area contributed by atoms with Crippen molar-refractivity contribution in [2.45, 2.75) is 0 Å². The van der Waals surface area contributed by atoms with Gasteiger partial charge in [0.05, 0.1) is 5.39 Å². The molecule has 0 amide bonds. The summed E-state index contributed by atoms with van der Waals surface area (Å²) in [7, 11) is 0. The highest BCUT2D eigenvalue weighted by molar-refractivity contribution is 7.16. The normalized spacial score (nSPS) is 10.6. The zero-order valence-electron chi connectivity index (χ0n) is 8.63. The van der Waals surface area contributed by atoms with Gasteiger partial charge in [0.1, 0.15) is 10.6 Å². The summed E-state index contributed by atoms with van der Waals surface area (Å²) in [6.07, 6.45) is 0. The maximum Gasteiger partial charge on any atom is 0.232 e. The minimum atomic E-state index is 0.200. The molecule has 0 fully saturated rings. The van der Waals surface area contributed by atoms with E-state index in [1.165, 1.54) is 11.3 Å². The van der Waals surface area contributed by atoms with Crippen molar-refractivity contribution < 1.29 is 4.74 Å². The van der Waals surface area contributed by atoms with Gasteiger partial charge in [0, 0.05) is 0 Å². The first-order chi connectivity index (χ1) is 8.33. The smallest absolute Gasteiger partial charge is 0.232 e. The highest BCUT2D eigenvalue weighted by Crippen LogP contribution is 2.31. The molecule has 0 N–H and O–H groups in total. The predicted molar refractivity (Wildman–Crippen MR) is 68.9 cm³/mol. The molecule has 3 nitrogen and oxygen atoms in total. The van der Waals surface area contributed by atoms with Gasteiger partial charge < -0.3 is 4.74 Å². The molecule has 2 heterocycles. The largest absolute Gasteiger partial charge is 0.438 e. The Bertz CT molecular complexity index is 654. The van der Waals surface area contributed by atoms with Crippen LogP contribution in [0.3, 0.4) is 0 Å². The van der Waals surface area contributed by atoms with Gasteiger partial charge in [-0.1, -0.05) is 18.2 Å². The third kappa shape index (κ3) is 2.09. The molecule has 5 heteroatoms. The monoisotopic (exact) mass is 262 g/mol. The van der Waals surface area contributed by atoms with E-state index in [0.717, 1.165) is 16.0 Å². The summed E-state index contributed by atoms with van der Waals surface area (Å²) in [5.41, 5.74) is 0. The molecule has 3 aromatic rings. The van der Waals surface area contributed by atoms with E-state index in [0.29, 0.717) is 5.88 Å². The van der Waals surface area contributed by atoms with E-state index in [2.05, 4.69) is 9.97 Å². The van der Waals surface area contributed by atoms with E-state index < -0.39 is 0 Å². The lowest BCUT2D eigenvalue weighted by molar-refractivity contribution is 0.468. The molecule has 0 radical (unpaired) electrons. The van der Waals surface area contributed by atoms with E-state index in [1.54, 1.807) is 0 Å². The van der Waals surface area contributed by atoms with Crippen molar-refractivity contribution >= 4 is 33.2 Å². The third-order valence-electron chi connectivity index (χ3n) is 2.22. The molecule has 1 aromatic carbocycles. The van der Waals surface area contributed by atoms with E-state index in [4.69, 9.17) is 16.3 Å². The van der Waals surface area contributed by atoms with Crippen LogP contribution in [0.15, 0.2) is 41.8 Å². The van der Waals surface area contributed by atoms with Gasteiger partial charge in [0.15, 0.2) is 0 Å². The number of hydrogen-bond donors (Lipinski definition) is 0. The zero-order chi connectivity index (χ0) is 11.7. The minimum Gasteiger partial charge on any atom is -0.438 e. The van der Waals surface area contributed by atoms with Crippen LogP contribution < -0.4 is 4.74 Å². The number of hydrogen-bond acceptors (Lipinski definition) is 4. The van der Waals surface area contributed by atoms with Crippen LogP contribution >= 0.6 is 22.9 Å². The molecule has 0 unspecified atom stereocenters. The summed E-state index contributed by atoms with van der Waals surface area (Å²) in [5, 5.41) is 3.02. The first-order valence-corrected chi connectivity index (χ1v) is 6.22. The van der Waals surface area contributed by atoms with Crippen molar-refractivity contribution in [1.29, 1.82) is 0 Å². The first-order valence-electron chi connectivity index (χ1n) is 4.96. The summed E-state index contributed by atoms with van der Waals surface area (Å²) in [6, 6.07) is 11.4. The van der Waals surface area contributed by atoms with Gasteiger partial charge in [-0.3, -0.25) is 0 Å². The fourth-order valence-electron chi connectivity index (χ4n) is 1.48. The Morgan fingerprint density at radius 3 is 2.71 bits per heavy atom. The topological polar surface area (TPSA) is 35.0 Å². The Balaban J connectivity index is 2.08. The number of thiophene rings is 1. The fourth-order valence-corrected chi connectivity index (χ4v) is 2.45. The maximum atomic E-state index is 5.85. The molecule has 0 saturated carbocycles. The molecule has 84 valence electrons. The predicted octanol–water partition coefficient (Wildman–Crippen LogP) is 4.14. The van der Waals surface area contributed by atoms with Gasteiger partial charge in [-0.2, -0.15) is 4.98 Å². The summed E-state index contributed by atoms with van der Waals surface area (Å²) in [5.74, 6) is 1.22. The average molecular weight is 263 g/mol. The SMILES string of the molecule is Clc1nc(Oc2ccccc2)c2ccsc2n1. The molecule has 17 heavy (non-hydrogen) atoms. The van der Waals surface area contributed by atoms with Crippen LogP contribution in [0.4, 0.5) is 0 Å². The summed E-state index contributed by atoms with van der Waals surface area (Å²) >= 11 is 7.36. The van der Waals surface area contributed by atoms with Crippen LogP contribution in [-0.4, -0.2) is 9.97 Å². The van der Waals surface area contributed by atoms with Gasteiger partial charge in [-0.25, -0.2) is 4.98 Å². The molecule has 2 aromatic heterocycles. The number of aromatic nitrogens is 2. The molecule has 3 rings (SSSR count). The van der Waals surface area contributed by atoms with Crippen molar-refractivity contribution in [3.63, 3.8) is 0 Å². The molecule has 0 atom stereocenters. The van der Waals surface area contributed by atoms with Crippen LogP contribution in [0.5, 0.6) is 11.6 Å². The number of benzene rings is 1. The minimum absolute atomic E-state index is 0.200. The van der Waals surface area contributed by atoms with E-state index in [-0.39, 0.29) is 5.28 Å². The van der Waals surface area contributed by atoms with Crippen molar-refractivity contribution in [3.8, 4) is 11.6 Å². The second kappa shape index (κ2) is 4.31. The van der Waals surface area contributed by atoms with Gasteiger partial charge in [0.25, 0.3) is 0 Å². The van der Waals surface area contributed by atoms with E-state index >= 15 is 0 Å². The van der Waals surface area contributed by atoms with Gasteiger partial charge in [0.2, 0.25) is 11.2 Å². The molecule has 0 aliphatic rings. The Labute approximate surface area is 107 Å². The van der Waals surface area contributed by atoms with E-state index in [9.17, 15) is 0 Å². The molecular formula is C12H7ClN2OS. The standard InChI is InChI=1S/C12H7ClN2OS/c13-12-14-10(9-6-7-17-11(9)15-12)16-8-4-2-1-3-5-8/h1-7H. The van der Waals surface area contributed by atoms with Gasteiger partial charge in [-0.15, -0.1) is 11.3 Å². The highest BCUT2D eigenvalue weighted by Gasteiger charge is 2.09. The fraction of sp³-hybridized carbons (Fsp3) is 0. The lowest BCUT2D eigenvalue weighted by atomic mass is 10.3. The maximum absolute atomic E-state index is 5.85. The molecule has 0 aliphatic heterocycles. The van der Waals surface area contributed by atoms with Crippen molar-refractivity contribution in [1.82, 2.24) is 9.97 Å². The van der Waals surface area contributed by atoms with Crippen molar-refractivity contribution in [3.05, 3.63) is 47.1 Å². The van der Waals surface area contributed by atoms with Crippen LogP contribution in [0.1, 0.15) is 0 Å². The van der Waals surface area contributed by atoms with Crippen molar-refractivity contribution in [2.75, 3.05) is 0 Å². The Hall–Kier alpha value is -1.65. The third-order valence-corrected chi connectivity index (χ3v) is 3.20. The Morgan fingerprint density at radius 2 is 1.88 bits per heavy atom. The number of rotatable bonds is 2. The van der Waals surface area contributed by atoms with Crippen molar-refractivity contribution in [2.24, 2.45) is 0 Å². The molecule has 0 bridgehead atoms. The quantitative estimate of drug-likeness (QED) is 0.651. The number of ether oxygens (including phenoxy) is 1. The van der Waals surface area contributed by atoms with Crippen LogP contribution in [-0.2, 0) is 0 Å². The number of nitrogens with zero attached hydrogens (tertiary/aromatic N) is 2. The van der Waals surface area contributed by atoms with Crippen LogP contribution in [0.2, 0.25) is 5.28 Å². The lowest BCUT2D eigenvalue weighted by Gasteiger charge is -2.05. The molecule has 0 saturated heterocycles. The number of halogens is 1. The van der Waals surface area contributed by atoms with Crippen LogP contribution in [0.25, 0.3) is 10.2 Å².